The van der Waals surface area contributed by atoms with Crippen molar-refractivity contribution in [2.45, 2.75) is 0 Å². The van der Waals surface area contributed by atoms with Crippen LogP contribution >= 0.6 is 11.3 Å². The minimum absolute atomic E-state index is 0.217. The second-order valence-electron chi connectivity index (χ2n) is 8.89. The maximum Gasteiger partial charge on any atom is 0.272 e. The SMILES string of the molecule is COc1cc(-c2csc3c(C#Cc4ccccn4)cnc(N)c23)ccc1NC(=O)c1cc2ccccc2n1C. The van der Waals surface area contributed by atoms with Gasteiger partial charge in [-0.05, 0) is 53.3 Å². The highest BCUT2D eigenvalue weighted by molar-refractivity contribution is 7.18. The van der Waals surface area contributed by atoms with E-state index in [4.69, 9.17) is 10.5 Å². The van der Waals surface area contributed by atoms with E-state index < -0.39 is 0 Å². The van der Waals surface area contributed by atoms with Crippen LogP contribution in [0.25, 0.3) is 32.1 Å². The van der Waals surface area contributed by atoms with Crippen LogP contribution in [0.5, 0.6) is 5.75 Å². The summed E-state index contributed by atoms with van der Waals surface area (Å²) >= 11 is 1.56. The predicted octanol–water partition coefficient (Wildman–Crippen LogP) is 6.09. The molecule has 3 N–H and O–H groups in total. The van der Waals surface area contributed by atoms with Gasteiger partial charge in [0.15, 0.2) is 0 Å². The number of nitrogens with zero attached hydrogens (tertiary/aromatic N) is 3. The number of nitrogens with one attached hydrogen (secondary N) is 1. The molecule has 0 unspecified atom stereocenters. The lowest BCUT2D eigenvalue weighted by atomic mass is 10.0. The number of pyridine rings is 2. The number of aromatic nitrogens is 3. The number of anilines is 2. The molecule has 0 radical (unpaired) electrons. The van der Waals surface area contributed by atoms with Crippen LogP contribution in [-0.2, 0) is 7.05 Å². The lowest BCUT2D eigenvalue weighted by molar-refractivity contribution is 0.101. The van der Waals surface area contributed by atoms with E-state index in [-0.39, 0.29) is 5.91 Å². The molecule has 0 saturated heterocycles. The Bertz CT molecular complexity index is 1930. The highest BCUT2D eigenvalue weighted by atomic mass is 32.1. The van der Waals surface area contributed by atoms with E-state index >= 15 is 0 Å². The molecular formula is C31H23N5O2S. The number of thiophene rings is 1. The quantitative estimate of drug-likeness (QED) is 0.269. The number of carbonyl (C=O) groups is 1. The average molecular weight is 530 g/mol. The summed E-state index contributed by atoms with van der Waals surface area (Å²) in [5.74, 6) is 7.03. The molecule has 39 heavy (non-hydrogen) atoms. The molecular weight excluding hydrogens is 506 g/mol. The summed E-state index contributed by atoms with van der Waals surface area (Å²) in [7, 11) is 3.46. The van der Waals surface area contributed by atoms with E-state index in [1.165, 1.54) is 0 Å². The van der Waals surface area contributed by atoms with Gasteiger partial charge in [-0.15, -0.1) is 11.3 Å². The summed E-state index contributed by atoms with van der Waals surface area (Å²) in [6, 6.07) is 21.1. The Hall–Kier alpha value is -5.13. The normalized spacial score (nSPS) is 10.8. The molecule has 4 aromatic heterocycles. The van der Waals surface area contributed by atoms with Gasteiger partial charge in [-0.3, -0.25) is 4.79 Å². The molecule has 0 aliphatic heterocycles. The monoisotopic (exact) mass is 529 g/mol. The highest BCUT2D eigenvalue weighted by Crippen LogP contribution is 2.40. The van der Waals surface area contributed by atoms with Crippen molar-refractivity contribution in [3.8, 4) is 28.7 Å². The molecule has 6 aromatic rings. The fraction of sp³-hybridized carbons (Fsp3) is 0.0645. The maximum absolute atomic E-state index is 13.2. The van der Waals surface area contributed by atoms with Crippen LogP contribution < -0.4 is 15.8 Å². The minimum atomic E-state index is -0.217. The zero-order chi connectivity index (χ0) is 26.9. The molecule has 0 atom stereocenters. The first-order valence-electron chi connectivity index (χ1n) is 12.2. The van der Waals surface area contributed by atoms with Gasteiger partial charge < -0.3 is 20.4 Å². The summed E-state index contributed by atoms with van der Waals surface area (Å²) < 4.78 is 8.50. The summed E-state index contributed by atoms with van der Waals surface area (Å²) in [6.07, 6.45) is 3.41. The van der Waals surface area contributed by atoms with Crippen molar-refractivity contribution in [2.75, 3.05) is 18.2 Å². The van der Waals surface area contributed by atoms with Crippen molar-refractivity contribution < 1.29 is 9.53 Å². The molecule has 6 rings (SSSR count). The van der Waals surface area contributed by atoms with Crippen molar-refractivity contribution >= 4 is 49.7 Å². The second-order valence-corrected chi connectivity index (χ2v) is 9.77. The Kier molecular flexibility index (Phi) is 6.19. The van der Waals surface area contributed by atoms with Crippen LogP contribution in [0.4, 0.5) is 11.5 Å². The van der Waals surface area contributed by atoms with Crippen molar-refractivity contribution in [2.24, 2.45) is 7.05 Å². The summed E-state index contributed by atoms with van der Waals surface area (Å²) in [5, 5.41) is 6.88. The Morgan fingerprint density at radius 1 is 1.05 bits per heavy atom. The van der Waals surface area contributed by atoms with Crippen LogP contribution in [0.1, 0.15) is 21.7 Å². The number of carbonyl (C=O) groups excluding carboxylic acids is 1. The Balaban J connectivity index is 1.34. The van der Waals surface area contributed by atoms with Crippen LogP contribution in [0, 0.1) is 11.8 Å². The number of hydrogen-bond donors (Lipinski definition) is 2. The first kappa shape index (κ1) is 24.2. The molecule has 190 valence electrons. The number of fused-ring (bicyclic) bond motifs is 2. The molecule has 0 aliphatic rings. The molecule has 1 amide bonds. The fourth-order valence-corrected chi connectivity index (χ4v) is 5.65. The van der Waals surface area contributed by atoms with Crippen molar-refractivity contribution in [3.63, 3.8) is 0 Å². The lowest BCUT2D eigenvalue weighted by Crippen LogP contribution is -2.16. The predicted molar refractivity (Wildman–Crippen MR) is 157 cm³/mol. The van der Waals surface area contributed by atoms with E-state index in [0.717, 1.165) is 37.7 Å². The molecule has 4 heterocycles. The first-order chi connectivity index (χ1) is 19.0. The number of nitrogen functional groups attached to an aromatic ring is 1. The van der Waals surface area contributed by atoms with Gasteiger partial charge in [-0.25, -0.2) is 9.97 Å². The number of rotatable bonds is 4. The molecule has 8 heteroatoms. The highest BCUT2D eigenvalue weighted by Gasteiger charge is 2.18. The van der Waals surface area contributed by atoms with Gasteiger partial charge in [0.25, 0.3) is 5.91 Å². The van der Waals surface area contributed by atoms with E-state index in [1.54, 1.807) is 30.8 Å². The zero-order valence-electron chi connectivity index (χ0n) is 21.2. The van der Waals surface area contributed by atoms with Crippen LogP contribution in [0.2, 0.25) is 0 Å². The van der Waals surface area contributed by atoms with E-state index in [1.807, 2.05) is 83.7 Å². The Morgan fingerprint density at radius 3 is 2.69 bits per heavy atom. The topological polar surface area (TPSA) is 95.1 Å². The Morgan fingerprint density at radius 2 is 1.90 bits per heavy atom. The molecule has 0 bridgehead atoms. The van der Waals surface area contributed by atoms with Gasteiger partial charge >= 0.3 is 0 Å². The van der Waals surface area contributed by atoms with E-state index in [9.17, 15) is 4.79 Å². The standard InChI is InChI=1S/C31H23N5O2S/c1-36-25-9-4-3-7-20(25)15-26(36)31(37)35-24-13-11-19(16-27(24)38-2)23-18-39-29-21(17-34-30(32)28(23)29)10-12-22-8-5-6-14-33-22/h3-9,11,13-18H,1-2H3,(H2,32,34)(H,35,37). The maximum atomic E-state index is 13.2. The number of para-hydroxylation sites is 1. The third-order valence-corrected chi connectivity index (χ3v) is 7.57. The lowest BCUT2D eigenvalue weighted by Gasteiger charge is -2.13. The molecule has 7 nitrogen and oxygen atoms in total. The van der Waals surface area contributed by atoms with Gasteiger partial charge in [0, 0.05) is 41.3 Å². The Labute approximate surface area is 228 Å². The van der Waals surface area contributed by atoms with Crippen molar-refractivity contribution in [1.82, 2.24) is 14.5 Å². The smallest absolute Gasteiger partial charge is 0.272 e. The molecule has 0 spiro atoms. The minimum Gasteiger partial charge on any atom is -0.495 e. The van der Waals surface area contributed by atoms with Crippen molar-refractivity contribution in [1.29, 1.82) is 0 Å². The third kappa shape index (κ3) is 4.45. The number of ether oxygens (including phenoxy) is 1. The summed E-state index contributed by atoms with van der Waals surface area (Å²) in [4.78, 5) is 21.9. The van der Waals surface area contributed by atoms with Crippen LogP contribution in [0.3, 0.4) is 0 Å². The molecule has 0 saturated carbocycles. The number of nitrogens with two attached hydrogens (primary N) is 1. The zero-order valence-corrected chi connectivity index (χ0v) is 22.0. The number of amides is 1. The largest absolute Gasteiger partial charge is 0.495 e. The molecule has 0 fully saturated rings. The number of methoxy groups -OCH3 is 1. The average Bonchev–Trinajstić information content (AvgIpc) is 3.56. The number of aryl methyl sites for hydroxylation is 1. The van der Waals surface area contributed by atoms with Gasteiger partial charge in [0.2, 0.25) is 0 Å². The summed E-state index contributed by atoms with van der Waals surface area (Å²) in [6.45, 7) is 0. The van der Waals surface area contributed by atoms with Gasteiger partial charge in [0.05, 0.1) is 23.1 Å². The first-order valence-corrected chi connectivity index (χ1v) is 13.0. The van der Waals surface area contributed by atoms with E-state index in [2.05, 4.69) is 27.1 Å². The number of benzene rings is 2. The molecule has 2 aromatic carbocycles. The third-order valence-electron chi connectivity index (χ3n) is 6.56. The van der Waals surface area contributed by atoms with E-state index in [0.29, 0.717) is 28.6 Å². The summed E-state index contributed by atoms with van der Waals surface area (Å²) in [5.41, 5.74) is 11.7. The number of hydrogen-bond acceptors (Lipinski definition) is 6. The van der Waals surface area contributed by atoms with Crippen molar-refractivity contribution in [3.05, 3.63) is 101 Å². The van der Waals surface area contributed by atoms with Gasteiger partial charge in [-0.1, -0.05) is 36.3 Å². The van der Waals surface area contributed by atoms with Crippen LogP contribution in [0.15, 0.2) is 84.5 Å². The fourth-order valence-electron chi connectivity index (χ4n) is 4.59. The van der Waals surface area contributed by atoms with Crippen LogP contribution in [-0.4, -0.2) is 27.6 Å². The van der Waals surface area contributed by atoms with Gasteiger partial charge in [0.1, 0.15) is 23.0 Å². The second kappa shape index (κ2) is 9.97. The van der Waals surface area contributed by atoms with Gasteiger partial charge in [-0.2, -0.15) is 0 Å². The molecule has 0 aliphatic carbocycles.